The summed E-state index contributed by atoms with van der Waals surface area (Å²) in [5.41, 5.74) is 3.68. The summed E-state index contributed by atoms with van der Waals surface area (Å²) in [4.78, 5) is 5.43. The molecule has 1 saturated carbocycles. The van der Waals surface area contributed by atoms with Crippen molar-refractivity contribution in [3.05, 3.63) is 35.4 Å². The third-order valence-corrected chi connectivity index (χ3v) is 7.60. The van der Waals surface area contributed by atoms with E-state index in [0.29, 0.717) is 5.41 Å². The SMILES string of the molecule is CC1(C)[C@@H](CCN2CCc3ccccc3C2)C[C@H]1CN1CCCCC1. The topological polar surface area (TPSA) is 6.48 Å². The molecular formula is C23H36N2. The Balaban J connectivity index is 1.24. The summed E-state index contributed by atoms with van der Waals surface area (Å²) in [7, 11) is 0. The molecular weight excluding hydrogens is 304 g/mol. The van der Waals surface area contributed by atoms with Crippen molar-refractivity contribution in [1.82, 2.24) is 9.80 Å². The zero-order valence-electron chi connectivity index (χ0n) is 16.3. The van der Waals surface area contributed by atoms with E-state index < -0.39 is 0 Å². The molecule has 2 nitrogen and oxygen atoms in total. The minimum atomic E-state index is 0.547. The van der Waals surface area contributed by atoms with Crippen LogP contribution >= 0.6 is 0 Å². The van der Waals surface area contributed by atoms with E-state index >= 15 is 0 Å². The van der Waals surface area contributed by atoms with Crippen LogP contribution in [0.2, 0.25) is 0 Å². The second-order valence-electron chi connectivity index (χ2n) is 9.40. The standard InChI is InChI=1S/C23H36N2/c1-23(2)21(16-22(23)18-24-12-6-3-7-13-24)11-15-25-14-10-19-8-4-5-9-20(19)17-25/h4-5,8-9,21-22H,3,6-7,10-18H2,1-2H3/t21-,22-/m0/s1. The molecule has 0 N–H and O–H groups in total. The van der Waals surface area contributed by atoms with Crippen LogP contribution in [0.25, 0.3) is 0 Å². The largest absolute Gasteiger partial charge is 0.303 e. The van der Waals surface area contributed by atoms with E-state index in [-0.39, 0.29) is 0 Å². The Morgan fingerprint density at radius 3 is 2.44 bits per heavy atom. The van der Waals surface area contributed by atoms with Crippen molar-refractivity contribution < 1.29 is 0 Å². The van der Waals surface area contributed by atoms with Gasteiger partial charge in [0, 0.05) is 19.6 Å². The summed E-state index contributed by atoms with van der Waals surface area (Å²) < 4.78 is 0. The summed E-state index contributed by atoms with van der Waals surface area (Å²) in [6.45, 7) is 12.9. The molecule has 2 fully saturated rings. The quantitative estimate of drug-likeness (QED) is 0.774. The maximum Gasteiger partial charge on any atom is 0.0236 e. The molecule has 2 atom stereocenters. The van der Waals surface area contributed by atoms with Crippen LogP contribution in [0.3, 0.4) is 0 Å². The van der Waals surface area contributed by atoms with Gasteiger partial charge in [-0.05, 0) is 80.1 Å². The molecule has 1 aromatic carbocycles. The van der Waals surface area contributed by atoms with E-state index in [9.17, 15) is 0 Å². The Kier molecular flexibility index (Phi) is 5.20. The van der Waals surface area contributed by atoms with Crippen LogP contribution in [-0.2, 0) is 13.0 Å². The third kappa shape index (κ3) is 3.80. The van der Waals surface area contributed by atoms with Crippen molar-refractivity contribution in [2.75, 3.05) is 32.7 Å². The van der Waals surface area contributed by atoms with Crippen molar-refractivity contribution in [3.8, 4) is 0 Å². The zero-order valence-corrected chi connectivity index (χ0v) is 16.3. The number of benzene rings is 1. The number of hydrogen-bond acceptors (Lipinski definition) is 2. The van der Waals surface area contributed by atoms with Gasteiger partial charge in [-0.3, -0.25) is 4.90 Å². The lowest BCUT2D eigenvalue weighted by Crippen LogP contribution is -2.51. The molecule has 25 heavy (non-hydrogen) atoms. The third-order valence-electron chi connectivity index (χ3n) is 7.60. The summed E-state index contributed by atoms with van der Waals surface area (Å²) >= 11 is 0. The number of rotatable bonds is 5. The number of hydrogen-bond donors (Lipinski definition) is 0. The lowest BCUT2D eigenvalue weighted by Gasteiger charge is -2.54. The molecule has 0 unspecified atom stereocenters. The van der Waals surface area contributed by atoms with Crippen LogP contribution in [-0.4, -0.2) is 42.5 Å². The van der Waals surface area contributed by atoms with Crippen LogP contribution < -0.4 is 0 Å². The van der Waals surface area contributed by atoms with E-state index in [0.717, 1.165) is 11.8 Å². The summed E-state index contributed by atoms with van der Waals surface area (Å²) in [6, 6.07) is 9.02. The Labute approximate surface area is 154 Å². The molecule has 2 heteroatoms. The molecule has 0 radical (unpaired) electrons. The van der Waals surface area contributed by atoms with E-state index in [1.165, 1.54) is 77.8 Å². The molecule has 0 aromatic heterocycles. The van der Waals surface area contributed by atoms with Crippen LogP contribution in [0, 0.1) is 17.3 Å². The van der Waals surface area contributed by atoms with Crippen molar-refractivity contribution in [2.24, 2.45) is 17.3 Å². The first-order valence-corrected chi connectivity index (χ1v) is 10.6. The highest BCUT2D eigenvalue weighted by Gasteiger charge is 2.47. The second-order valence-corrected chi connectivity index (χ2v) is 9.40. The number of nitrogens with zero attached hydrogens (tertiary/aromatic N) is 2. The summed E-state index contributed by atoms with van der Waals surface area (Å²) in [5.74, 6) is 1.86. The van der Waals surface area contributed by atoms with Gasteiger partial charge in [0.2, 0.25) is 0 Å². The zero-order chi connectivity index (χ0) is 17.3. The van der Waals surface area contributed by atoms with Gasteiger partial charge in [-0.2, -0.15) is 0 Å². The molecule has 2 aliphatic heterocycles. The minimum Gasteiger partial charge on any atom is -0.303 e. The van der Waals surface area contributed by atoms with Gasteiger partial charge in [-0.1, -0.05) is 44.5 Å². The van der Waals surface area contributed by atoms with Crippen LogP contribution in [0.15, 0.2) is 24.3 Å². The fourth-order valence-electron chi connectivity index (χ4n) is 5.46. The van der Waals surface area contributed by atoms with E-state index in [1.807, 2.05) is 0 Å². The Morgan fingerprint density at radius 1 is 0.920 bits per heavy atom. The van der Waals surface area contributed by atoms with Crippen molar-refractivity contribution in [1.29, 1.82) is 0 Å². The van der Waals surface area contributed by atoms with Gasteiger partial charge in [-0.25, -0.2) is 0 Å². The summed E-state index contributed by atoms with van der Waals surface area (Å²) in [6.07, 6.45) is 8.40. The maximum atomic E-state index is 2.74. The molecule has 3 aliphatic rings. The van der Waals surface area contributed by atoms with E-state index in [1.54, 1.807) is 11.1 Å². The van der Waals surface area contributed by atoms with Crippen molar-refractivity contribution in [3.63, 3.8) is 0 Å². The second kappa shape index (κ2) is 7.40. The normalized spacial score (nSPS) is 29.8. The van der Waals surface area contributed by atoms with Crippen LogP contribution in [0.1, 0.15) is 57.1 Å². The van der Waals surface area contributed by atoms with Gasteiger partial charge in [0.25, 0.3) is 0 Å². The van der Waals surface area contributed by atoms with Gasteiger partial charge in [0.05, 0.1) is 0 Å². The molecule has 1 aliphatic carbocycles. The number of piperidine rings is 1. The predicted octanol–water partition coefficient (Wildman–Crippen LogP) is 4.58. The van der Waals surface area contributed by atoms with E-state index in [2.05, 4.69) is 47.9 Å². The van der Waals surface area contributed by atoms with Crippen molar-refractivity contribution >= 4 is 0 Å². The lowest BCUT2D eigenvalue weighted by molar-refractivity contribution is -0.0505. The van der Waals surface area contributed by atoms with Crippen LogP contribution in [0.5, 0.6) is 0 Å². The molecule has 4 rings (SSSR count). The van der Waals surface area contributed by atoms with E-state index in [4.69, 9.17) is 0 Å². The molecule has 138 valence electrons. The van der Waals surface area contributed by atoms with Gasteiger partial charge in [-0.15, -0.1) is 0 Å². The van der Waals surface area contributed by atoms with Crippen molar-refractivity contribution in [2.45, 2.75) is 58.9 Å². The Hall–Kier alpha value is -0.860. The highest BCUT2D eigenvalue weighted by atomic mass is 15.1. The molecule has 0 amide bonds. The fraction of sp³-hybridized carbons (Fsp3) is 0.739. The number of fused-ring (bicyclic) bond motifs is 1. The minimum absolute atomic E-state index is 0.547. The van der Waals surface area contributed by atoms with Gasteiger partial charge >= 0.3 is 0 Å². The Bertz CT molecular complexity index is 573. The fourth-order valence-corrected chi connectivity index (χ4v) is 5.46. The lowest BCUT2D eigenvalue weighted by atomic mass is 9.53. The number of likely N-dealkylation sites (tertiary alicyclic amines) is 1. The van der Waals surface area contributed by atoms with Gasteiger partial charge in [0.15, 0.2) is 0 Å². The monoisotopic (exact) mass is 340 g/mol. The predicted molar refractivity (Wildman–Crippen MR) is 106 cm³/mol. The van der Waals surface area contributed by atoms with Crippen LogP contribution in [0.4, 0.5) is 0 Å². The molecule has 0 spiro atoms. The first kappa shape index (κ1) is 17.5. The van der Waals surface area contributed by atoms with Gasteiger partial charge in [0.1, 0.15) is 0 Å². The highest BCUT2D eigenvalue weighted by Crippen LogP contribution is 2.53. The Morgan fingerprint density at radius 2 is 1.68 bits per heavy atom. The molecule has 1 saturated heterocycles. The maximum absolute atomic E-state index is 2.74. The first-order chi connectivity index (χ1) is 12.1. The first-order valence-electron chi connectivity index (χ1n) is 10.6. The highest BCUT2D eigenvalue weighted by molar-refractivity contribution is 5.29. The molecule has 1 aromatic rings. The molecule has 2 heterocycles. The molecule has 0 bridgehead atoms. The average molecular weight is 341 g/mol. The summed E-state index contributed by atoms with van der Waals surface area (Å²) in [5, 5.41) is 0. The average Bonchev–Trinajstić information content (AvgIpc) is 2.64. The smallest absolute Gasteiger partial charge is 0.0236 e. The van der Waals surface area contributed by atoms with Gasteiger partial charge < -0.3 is 4.90 Å².